The van der Waals surface area contributed by atoms with E-state index in [0.717, 1.165) is 23.2 Å². The summed E-state index contributed by atoms with van der Waals surface area (Å²) < 4.78 is 0. The zero-order valence-corrected chi connectivity index (χ0v) is 16.3. The summed E-state index contributed by atoms with van der Waals surface area (Å²) in [5.74, 6) is -0.0388. The average molecular weight is 357 g/mol. The van der Waals surface area contributed by atoms with Gasteiger partial charge in [0, 0.05) is 17.5 Å². The summed E-state index contributed by atoms with van der Waals surface area (Å²) in [5, 5.41) is 3.21. The summed E-state index contributed by atoms with van der Waals surface area (Å²) in [6.45, 7) is 6.17. The van der Waals surface area contributed by atoms with Gasteiger partial charge in [-0.3, -0.25) is 4.79 Å². The molecule has 3 aromatic carbocycles. The van der Waals surface area contributed by atoms with Gasteiger partial charge in [-0.05, 0) is 42.5 Å². The molecule has 138 valence electrons. The molecule has 0 aliphatic heterocycles. The largest absolute Gasteiger partial charge is 0.325 e. The van der Waals surface area contributed by atoms with Gasteiger partial charge in [-0.15, -0.1) is 0 Å². The van der Waals surface area contributed by atoms with Crippen LogP contribution < -0.4 is 5.32 Å². The number of nitrogens with one attached hydrogen (secondary N) is 1. The van der Waals surface area contributed by atoms with Crippen molar-refractivity contribution in [2.24, 2.45) is 5.92 Å². The van der Waals surface area contributed by atoms with E-state index in [4.69, 9.17) is 0 Å². The molecule has 0 aliphatic carbocycles. The van der Waals surface area contributed by atoms with Crippen molar-refractivity contribution in [1.82, 2.24) is 0 Å². The lowest BCUT2D eigenvalue weighted by Crippen LogP contribution is -2.29. The second-order valence-corrected chi connectivity index (χ2v) is 7.07. The van der Waals surface area contributed by atoms with Crippen LogP contribution in [0.15, 0.2) is 78.9 Å². The van der Waals surface area contributed by atoms with E-state index >= 15 is 0 Å². The second kappa shape index (κ2) is 8.68. The minimum absolute atomic E-state index is 0.0294. The molecular formula is C25H27NO. The van der Waals surface area contributed by atoms with E-state index in [1.165, 1.54) is 11.1 Å². The molecule has 1 N–H and O–H groups in total. The van der Waals surface area contributed by atoms with Gasteiger partial charge in [0.2, 0.25) is 5.91 Å². The van der Waals surface area contributed by atoms with Crippen molar-refractivity contribution in [1.29, 1.82) is 0 Å². The number of hydrogen-bond donors (Lipinski definition) is 1. The number of rotatable bonds is 6. The first-order chi connectivity index (χ1) is 13.1. The Hall–Kier alpha value is -2.87. The molecule has 0 aromatic heterocycles. The first-order valence-corrected chi connectivity index (χ1v) is 9.58. The molecule has 0 fully saturated rings. The number of carbonyl (C=O) groups excluding carboxylic acids is 1. The van der Waals surface area contributed by atoms with E-state index in [9.17, 15) is 4.79 Å². The molecule has 0 spiro atoms. The van der Waals surface area contributed by atoms with E-state index in [0.29, 0.717) is 0 Å². The highest BCUT2D eigenvalue weighted by Gasteiger charge is 2.30. The van der Waals surface area contributed by atoms with Crippen molar-refractivity contribution in [3.05, 3.63) is 101 Å². The summed E-state index contributed by atoms with van der Waals surface area (Å²) in [6.07, 6.45) is 0.769. The van der Waals surface area contributed by atoms with Gasteiger partial charge in [-0.25, -0.2) is 0 Å². The highest BCUT2D eigenvalue weighted by Crippen LogP contribution is 2.35. The normalized spacial score (nSPS) is 12.0. The second-order valence-electron chi connectivity index (χ2n) is 7.07. The Morgan fingerprint density at radius 1 is 0.778 bits per heavy atom. The summed E-state index contributed by atoms with van der Waals surface area (Å²) in [4.78, 5) is 13.3. The first kappa shape index (κ1) is 18.9. The van der Waals surface area contributed by atoms with Gasteiger partial charge in [-0.2, -0.15) is 0 Å². The Morgan fingerprint density at radius 3 is 1.70 bits per heavy atom. The van der Waals surface area contributed by atoms with Crippen LogP contribution in [0.1, 0.15) is 41.5 Å². The molecule has 1 unspecified atom stereocenters. The summed E-state index contributed by atoms with van der Waals surface area (Å²) >= 11 is 0. The van der Waals surface area contributed by atoms with Gasteiger partial charge in [-0.1, -0.05) is 85.8 Å². The van der Waals surface area contributed by atoms with E-state index in [1.54, 1.807) is 0 Å². The minimum Gasteiger partial charge on any atom is -0.325 e. The van der Waals surface area contributed by atoms with Crippen molar-refractivity contribution in [2.75, 3.05) is 5.32 Å². The van der Waals surface area contributed by atoms with Gasteiger partial charge in [0.15, 0.2) is 0 Å². The molecule has 1 atom stereocenters. The number of anilines is 1. The van der Waals surface area contributed by atoms with Crippen LogP contribution in [-0.4, -0.2) is 5.91 Å². The van der Waals surface area contributed by atoms with Crippen LogP contribution in [-0.2, 0) is 4.79 Å². The Kier molecular flexibility index (Phi) is 6.08. The third-order valence-electron chi connectivity index (χ3n) is 5.23. The molecule has 2 heteroatoms. The number of para-hydroxylation sites is 1. The van der Waals surface area contributed by atoms with Gasteiger partial charge in [0.05, 0.1) is 0 Å². The zero-order chi connectivity index (χ0) is 19.2. The molecule has 3 aromatic rings. The van der Waals surface area contributed by atoms with Crippen LogP contribution in [0.5, 0.6) is 0 Å². The van der Waals surface area contributed by atoms with Crippen LogP contribution in [0.2, 0.25) is 0 Å². The number of carbonyl (C=O) groups is 1. The molecule has 0 bridgehead atoms. The first-order valence-electron chi connectivity index (χ1n) is 9.58. The van der Waals surface area contributed by atoms with Gasteiger partial charge in [0.25, 0.3) is 0 Å². The molecule has 0 radical (unpaired) electrons. The quantitative estimate of drug-likeness (QED) is 0.567. The molecule has 0 saturated carbocycles. The Balaban J connectivity index is 1.98. The Morgan fingerprint density at radius 2 is 1.26 bits per heavy atom. The molecule has 0 heterocycles. The fourth-order valence-electron chi connectivity index (χ4n) is 3.78. The maximum absolute atomic E-state index is 13.3. The van der Waals surface area contributed by atoms with Crippen molar-refractivity contribution in [3.8, 4) is 0 Å². The molecule has 0 saturated heterocycles. The van der Waals surface area contributed by atoms with Crippen molar-refractivity contribution in [3.63, 3.8) is 0 Å². The zero-order valence-electron chi connectivity index (χ0n) is 16.3. The average Bonchev–Trinajstić information content (AvgIpc) is 2.70. The van der Waals surface area contributed by atoms with Crippen LogP contribution >= 0.6 is 0 Å². The van der Waals surface area contributed by atoms with Gasteiger partial charge < -0.3 is 5.32 Å². The highest BCUT2D eigenvalue weighted by atomic mass is 16.1. The molecule has 0 aliphatic rings. The monoisotopic (exact) mass is 357 g/mol. The summed E-state index contributed by atoms with van der Waals surface area (Å²) in [5.41, 5.74) is 5.46. The SMILES string of the molecule is CCC(C(=O)Nc1c(C)cccc1C)C(c1ccccc1)c1ccccc1. The number of aryl methyl sites for hydroxylation is 2. The van der Waals surface area contributed by atoms with Crippen molar-refractivity contribution >= 4 is 11.6 Å². The van der Waals surface area contributed by atoms with E-state index in [1.807, 2.05) is 68.4 Å². The Labute approximate surface area is 162 Å². The number of hydrogen-bond acceptors (Lipinski definition) is 1. The third-order valence-corrected chi connectivity index (χ3v) is 5.23. The third kappa shape index (κ3) is 4.28. The maximum atomic E-state index is 13.3. The van der Waals surface area contributed by atoms with Crippen LogP contribution in [0, 0.1) is 19.8 Å². The predicted octanol–water partition coefficient (Wildman–Crippen LogP) is 6.10. The fraction of sp³-hybridized carbons (Fsp3) is 0.240. The maximum Gasteiger partial charge on any atom is 0.228 e. The van der Waals surface area contributed by atoms with Crippen LogP contribution in [0.3, 0.4) is 0 Å². The molecule has 2 nitrogen and oxygen atoms in total. The van der Waals surface area contributed by atoms with Crippen LogP contribution in [0.25, 0.3) is 0 Å². The van der Waals surface area contributed by atoms with Gasteiger partial charge in [0.1, 0.15) is 0 Å². The lowest BCUT2D eigenvalue weighted by molar-refractivity contribution is -0.120. The fourth-order valence-corrected chi connectivity index (χ4v) is 3.78. The minimum atomic E-state index is -0.145. The molecular weight excluding hydrogens is 330 g/mol. The lowest BCUT2D eigenvalue weighted by Gasteiger charge is -2.27. The Bertz CT molecular complexity index is 827. The molecule has 3 rings (SSSR count). The summed E-state index contributed by atoms with van der Waals surface area (Å²) in [6, 6.07) is 26.8. The number of benzene rings is 3. The standard InChI is InChI=1S/C25H27NO/c1-4-22(25(27)26-24-18(2)12-11-13-19(24)3)23(20-14-7-5-8-15-20)21-16-9-6-10-17-21/h5-17,22-23H,4H2,1-3H3,(H,26,27). The predicted molar refractivity (Wildman–Crippen MR) is 113 cm³/mol. The van der Waals surface area contributed by atoms with Crippen molar-refractivity contribution in [2.45, 2.75) is 33.1 Å². The summed E-state index contributed by atoms with van der Waals surface area (Å²) in [7, 11) is 0. The van der Waals surface area contributed by atoms with Gasteiger partial charge >= 0.3 is 0 Å². The van der Waals surface area contributed by atoms with E-state index in [-0.39, 0.29) is 17.7 Å². The highest BCUT2D eigenvalue weighted by molar-refractivity contribution is 5.95. The van der Waals surface area contributed by atoms with Crippen molar-refractivity contribution < 1.29 is 4.79 Å². The molecule has 27 heavy (non-hydrogen) atoms. The smallest absolute Gasteiger partial charge is 0.228 e. The van der Waals surface area contributed by atoms with Crippen LogP contribution in [0.4, 0.5) is 5.69 Å². The van der Waals surface area contributed by atoms with E-state index < -0.39 is 0 Å². The number of amides is 1. The molecule has 1 amide bonds. The van der Waals surface area contributed by atoms with E-state index in [2.05, 4.69) is 36.5 Å². The topological polar surface area (TPSA) is 29.1 Å². The lowest BCUT2D eigenvalue weighted by atomic mass is 9.79.